The van der Waals surface area contributed by atoms with E-state index in [-0.39, 0.29) is 23.3 Å². The zero-order chi connectivity index (χ0) is 13.8. The van der Waals surface area contributed by atoms with Gasteiger partial charge in [0, 0.05) is 11.0 Å². The second-order valence-corrected chi connectivity index (χ2v) is 5.96. The summed E-state index contributed by atoms with van der Waals surface area (Å²) in [6, 6.07) is 4.79. The van der Waals surface area contributed by atoms with E-state index in [1.54, 1.807) is 12.1 Å². The van der Waals surface area contributed by atoms with Gasteiger partial charge < -0.3 is 15.5 Å². The maximum absolute atomic E-state index is 12.0. The third kappa shape index (κ3) is 3.94. The summed E-state index contributed by atoms with van der Waals surface area (Å²) in [5.41, 5.74) is 0.283. The van der Waals surface area contributed by atoms with Gasteiger partial charge in [0.15, 0.2) is 0 Å². The number of phenolic OH excluding ortho intramolecular Hbond substituents is 1. The Morgan fingerprint density at radius 1 is 1.32 bits per heavy atom. The van der Waals surface area contributed by atoms with Crippen molar-refractivity contribution in [3.63, 3.8) is 0 Å². The normalized spacial score (nSPS) is 23.1. The standard InChI is InChI=1S/C14H18BrNO3/c15-10-3-6-13(18)12(7-10)14(19)16-8-9-1-4-11(17)5-2-9/h3,6-7,9,11,17-18H,1-2,4-5,8H2,(H,16,19). The molecule has 1 aliphatic rings. The van der Waals surface area contributed by atoms with Gasteiger partial charge in [0.2, 0.25) is 0 Å². The van der Waals surface area contributed by atoms with Gasteiger partial charge in [0.25, 0.3) is 5.91 Å². The highest BCUT2D eigenvalue weighted by molar-refractivity contribution is 9.10. The molecule has 0 unspecified atom stereocenters. The van der Waals surface area contributed by atoms with Crippen LogP contribution in [-0.4, -0.2) is 28.8 Å². The summed E-state index contributed by atoms with van der Waals surface area (Å²) in [6.45, 7) is 0.595. The first-order chi connectivity index (χ1) is 9.06. The molecule has 0 aliphatic heterocycles. The molecule has 0 saturated heterocycles. The molecule has 0 spiro atoms. The molecule has 1 aromatic carbocycles. The highest BCUT2D eigenvalue weighted by Gasteiger charge is 2.20. The van der Waals surface area contributed by atoms with E-state index < -0.39 is 0 Å². The van der Waals surface area contributed by atoms with Gasteiger partial charge in [-0.1, -0.05) is 15.9 Å². The van der Waals surface area contributed by atoms with Crippen LogP contribution in [-0.2, 0) is 0 Å². The van der Waals surface area contributed by atoms with E-state index >= 15 is 0 Å². The minimum Gasteiger partial charge on any atom is -0.507 e. The highest BCUT2D eigenvalue weighted by atomic mass is 79.9. The lowest BCUT2D eigenvalue weighted by Crippen LogP contribution is -2.32. The average Bonchev–Trinajstić information content (AvgIpc) is 2.40. The Hall–Kier alpha value is -1.07. The predicted molar refractivity (Wildman–Crippen MR) is 76.1 cm³/mol. The van der Waals surface area contributed by atoms with Crippen molar-refractivity contribution in [3.05, 3.63) is 28.2 Å². The maximum Gasteiger partial charge on any atom is 0.255 e. The Bertz CT molecular complexity index is 456. The molecule has 0 heterocycles. The zero-order valence-corrected chi connectivity index (χ0v) is 12.2. The number of halogens is 1. The summed E-state index contributed by atoms with van der Waals surface area (Å²) < 4.78 is 0.760. The zero-order valence-electron chi connectivity index (χ0n) is 10.6. The van der Waals surface area contributed by atoms with Crippen LogP contribution in [0.1, 0.15) is 36.0 Å². The molecule has 1 saturated carbocycles. The van der Waals surface area contributed by atoms with Crippen molar-refractivity contribution in [1.82, 2.24) is 5.32 Å². The van der Waals surface area contributed by atoms with Gasteiger partial charge in [0.1, 0.15) is 5.75 Å². The van der Waals surface area contributed by atoms with E-state index in [0.29, 0.717) is 12.5 Å². The molecule has 5 heteroatoms. The monoisotopic (exact) mass is 327 g/mol. The predicted octanol–water partition coefficient (Wildman–Crippen LogP) is 2.44. The van der Waals surface area contributed by atoms with Gasteiger partial charge in [-0.25, -0.2) is 0 Å². The summed E-state index contributed by atoms with van der Waals surface area (Å²) >= 11 is 3.28. The van der Waals surface area contributed by atoms with Crippen LogP contribution >= 0.6 is 15.9 Å². The fraction of sp³-hybridized carbons (Fsp3) is 0.500. The number of carbonyl (C=O) groups excluding carboxylic acids is 1. The van der Waals surface area contributed by atoms with Crippen LogP contribution in [0.15, 0.2) is 22.7 Å². The third-order valence-electron chi connectivity index (χ3n) is 3.57. The van der Waals surface area contributed by atoms with Gasteiger partial charge in [-0.2, -0.15) is 0 Å². The Labute approximate surface area is 121 Å². The van der Waals surface area contributed by atoms with Crippen molar-refractivity contribution >= 4 is 21.8 Å². The molecular weight excluding hydrogens is 310 g/mol. The summed E-state index contributed by atoms with van der Waals surface area (Å²) in [5, 5.41) is 21.9. The second-order valence-electron chi connectivity index (χ2n) is 5.05. The summed E-state index contributed by atoms with van der Waals surface area (Å²) in [4.78, 5) is 12.0. The van der Waals surface area contributed by atoms with Gasteiger partial charge in [-0.3, -0.25) is 4.79 Å². The fourth-order valence-corrected chi connectivity index (χ4v) is 2.73. The van der Waals surface area contributed by atoms with E-state index in [1.807, 2.05) is 0 Å². The largest absolute Gasteiger partial charge is 0.507 e. The maximum atomic E-state index is 12.0. The van der Waals surface area contributed by atoms with E-state index in [0.717, 1.165) is 30.2 Å². The summed E-state index contributed by atoms with van der Waals surface area (Å²) in [6.07, 6.45) is 3.31. The molecule has 1 fully saturated rings. The van der Waals surface area contributed by atoms with Crippen LogP contribution in [0, 0.1) is 5.92 Å². The van der Waals surface area contributed by atoms with Crippen LogP contribution < -0.4 is 5.32 Å². The Morgan fingerprint density at radius 3 is 2.68 bits per heavy atom. The molecule has 1 aromatic rings. The first-order valence-electron chi connectivity index (χ1n) is 6.51. The van der Waals surface area contributed by atoms with Crippen LogP contribution in [0.25, 0.3) is 0 Å². The molecule has 0 aromatic heterocycles. The number of phenols is 1. The van der Waals surface area contributed by atoms with E-state index in [9.17, 15) is 15.0 Å². The minimum absolute atomic E-state index is 0.0141. The molecule has 1 aliphatic carbocycles. The first-order valence-corrected chi connectivity index (χ1v) is 7.30. The second kappa shape index (κ2) is 6.39. The number of aliphatic hydroxyl groups is 1. The lowest BCUT2D eigenvalue weighted by atomic mass is 9.87. The van der Waals surface area contributed by atoms with E-state index in [1.165, 1.54) is 6.07 Å². The van der Waals surface area contributed by atoms with Crippen molar-refractivity contribution in [2.24, 2.45) is 5.92 Å². The molecule has 4 nitrogen and oxygen atoms in total. The fourth-order valence-electron chi connectivity index (χ4n) is 2.37. The third-order valence-corrected chi connectivity index (χ3v) is 4.06. The van der Waals surface area contributed by atoms with Crippen LogP contribution in [0.2, 0.25) is 0 Å². The molecule has 2 rings (SSSR count). The first kappa shape index (κ1) is 14.3. The van der Waals surface area contributed by atoms with Crippen molar-refractivity contribution in [2.75, 3.05) is 6.54 Å². The molecule has 104 valence electrons. The number of aromatic hydroxyl groups is 1. The molecule has 1 amide bonds. The number of nitrogens with one attached hydrogen (secondary N) is 1. The van der Waals surface area contributed by atoms with Gasteiger partial charge >= 0.3 is 0 Å². The number of aliphatic hydroxyl groups excluding tert-OH is 1. The quantitative estimate of drug-likeness (QED) is 0.798. The van der Waals surface area contributed by atoms with E-state index in [2.05, 4.69) is 21.2 Å². The van der Waals surface area contributed by atoms with Crippen molar-refractivity contribution in [2.45, 2.75) is 31.8 Å². The Balaban J connectivity index is 1.89. The number of amides is 1. The van der Waals surface area contributed by atoms with Gasteiger partial charge in [-0.15, -0.1) is 0 Å². The minimum atomic E-state index is -0.259. The molecule has 3 N–H and O–H groups in total. The lowest BCUT2D eigenvalue weighted by molar-refractivity contribution is 0.0908. The number of hydrogen-bond acceptors (Lipinski definition) is 3. The lowest BCUT2D eigenvalue weighted by Gasteiger charge is -2.25. The number of benzene rings is 1. The average molecular weight is 328 g/mol. The highest BCUT2D eigenvalue weighted by Crippen LogP contribution is 2.24. The Morgan fingerprint density at radius 2 is 2.00 bits per heavy atom. The molecular formula is C14H18BrNO3. The number of hydrogen-bond donors (Lipinski definition) is 3. The smallest absolute Gasteiger partial charge is 0.255 e. The summed E-state index contributed by atoms with van der Waals surface area (Å²) in [5.74, 6) is 0.145. The van der Waals surface area contributed by atoms with Gasteiger partial charge in [0.05, 0.1) is 11.7 Å². The van der Waals surface area contributed by atoms with E-state index in [4.69, 9.17) is 0 Å². The van der Waals surface area contributed by atoms with Crippen molar-refractivity contribution in [1.29, 1.82) is 0 Å². The van der Waals surface area contributed by atoms with Gasteiger partial charge in [-0.05, 0) is 49.8 Å². The SMILES string of the molecule is O=C(NCC1CCC(O)CC1)c1cc(Br)ccc1O. The molecule has 0 atom stereocenters. The molecule has 0 radical (unpaired) electrons. The van der Waals surface area contributed by atoms with Crippen LogP contribution in [0.5, 0.6) is 5.75 Å². The number of rotatable bonds is 3. The molecule has 19 heavy (non-hydrogen) atoms. The Kier molecular flexibility index (Phi) is 4.82. The molecule has 0 bridgehead atoms. The van der Waals surface area contributed by atoms with Crippen LogP contribution in [0.4, 0.5) is 0 Å². The van der Waals surface area contributed by atoms with Crippen LogP contribution in [0.3, 0.4) is 0 Å². The topological polar surface area (TPSA) is 69.6 Å². The number of carbonyl (C=O) groups is 1. The van der Waals surface area contributed by atoms with Crippen molar-refractivity contribution < 1.29 is 15.0 Å². The van der Waals surface area contributed by atoms with Crippen molar-refractivity contribution in [3.8, 4) is 5.75 Å². The summed E-state index contributed by atoms with van der Waals surface area (Å²) in [7, 11) is 0.